The summed E-state index contributed by atoms with van der Waals surface area (Å²) in [5.41, 5.74) is 0. The molecule has 1 aliphatic heterocycles. The van der Waals surface area contributed by atoms with Gasteiger partial charge in [0.05, 0.1) is 18.8 Å². The topological polar surface area (TPSA) is 38.8 Å². The summed E-state index contributed by atoms with van der Waals surface area (Å²) in [6.07, 6.45) is 1.54. The number of carbonyl (C=O) groups excluding carboxylic acids is 1. The van der Waals surface area contributed by atoms with Gasteiger partial charge in [-0.1, -0.05) is 0 Å². The molecule has 1 rings (SSSR count). The van der Waals surface area contributed by atoms with Gasteiger partial charge in [0.2, 0.25) is 0 Å². The maximum atomic E-state index is 10.3. The minimum atomic E-state index is -0.215. The number of rotatable bonds is 3. The molecule has 1 aliphatic rings. The van der Waals surface area contributed by atoms with Crippen LogP contribution in [0.5, 0.6) is 0 Å². The first-order valence-corrected chi connectivity index (χ1v) is 3.49. The van der Waals surface area contributed by atoms with Crippen LogP contribution in [-0.4, -0.2) is 24.8 Å². The summed E-state index contributed by atoms with van der Waals surface area (Å²) >= 11 is 0. The van der Waals surface area contributed by atoms with Crippen molar-refractivity contribution < 1.29 is 14.3 Å². The van der Waals surface area contributed by atoms with Crippen LogP contribution in [0.4, 0.5) is 0 Å². The summed E-state index contributed by atoms with van der Waals surface area (Å²) in [5.74, 6) is -0.215. The molecule has 0 spiro atoms. The fraction of sp³-hybridized carbons (Fsp3) is 0.857. The number of ether oxygens (including phenoxy) is 2. The van der Waals surface area contributed by atoms with Gasteiger partial charge < -0.3 is 9.47 Å². The van der Waals surface area contributed by atoms with E-state index >= 15 is 0 Å². The van der Waals surface area contributed by atoms with E-state index in [1.165, 1.54) is 6.92 Å². The van der Waals surface area contributed by atoms with Gasteiger partial charge in [-0.2, -0.15) is 0 Å². The van der Waals surface area contributed by atoms with Crippen molar-refractivity contribution in [3.8, 4) is 0 Å². The monoisotopic (exact) mass is 144 g/mol. The molecule has 1 saturated heterocycles. The Bertz CT molecular complexity index is 133. The Balaban J connectivity index is 1.91. The number of carbonyl (C=O) groups is 1. The molecule has 2 atom stereocenters. The summed E-state index contributed by atoms with van der Waals surface area (Å²) < 4.78 is 9.83. The van der Waals surface area contributed by atoms with Crippen LogP contribution >= 0.6 is 0 Å². The highest BCUT2D eigenvalue weighted by molar-refractivity contribution is 5.65. The highest BCUT2D eigenvalue weighted by Gasteiger charge is 2.33. The minimum absolute atomic E-state index is 0.215. The lowest BCUT2D eigenvalue weighted by Gasteiger charge is -1.96. The van der Waals surface area contributed by atoms with Crippen molar-refractivity contribution in [1.29, 1.82) is 0 Å². The molecule has 3 nitrogen and oxygen atoms in total. The van der Waals surface area contributed by atoms with Crippen LogP contribution in [0.15, 0.2) is 0 Å². The zero-order valence-corrected chi connectivity index (χ0v) is 6.29. The van der Waals surface area contributed by atoms with E-state index in [4.69, 9.17) is 9.47 Å². The molecule has 0 radical (unpaired) electrons. The van der Waals surface area contributed by atoms with Gasteiger partial charge in [0.1, 0.15) is 0 Å². The van der Waals surface area contributed by atoms with E-state index in [0.717, 1.165) is 6.42 Å². The third kappa shape index (κ3) is 2.35. The number of esters is 1. The summed E-state index contributed by atoms with van der Waals surface area (Å²) in [4.78, 5) is 10.3. The fourth-order valence-corrected chi connectivity index (χ4v) is 0.852. The van der Waals surface area contributed by atoms with Gasteiger partial charge in [-0.25, -0.2) is 0 Å². The Morgan fingerprint density at radius 2 is 2.30 bits per heavy atom. The average Bonchev–Trinajstić information content (AvgIpc) is 2.46. The summed E-state index contributed by atoms with van der Waals surface area (Å²) in [6.45, 7) is 3.92. The van der Waals surface area contributed by atoms with E-state index in [9.17, 15) is 4.79 Å². The molecule has 10 heavy (non-hydrogen) atoms. The predicted molar refractivity (Wildman–Crippen MR) is 35.6 cm³/mol. The number of hydrogen-bond acceptors (Lipinski definition) is 3. The first-order valence-electron chi connectivity index (χ1n) is 3.49. The minimum Gasteiger partial charge on any atom is -0.466 e. The first-order chi connectivity index (χ1) is 4.70. The van der Waals surface area contributed by atoms with Crippen molar-refractivity contribution in [2.45, 2.75) is 32.5 Å². The fourth-order valence-electron chi connectivity index (χ4n) is 0.852. The Morgan fingerprint density at radius 1 is 1.70 bits per heavy atom. The van der Waals surface area contributed by atoms with Crippen molar-refractivity contribution in [2.24, 2.45) is 0 Å². The molecule has 0 aromatic rings. The predicted octanol–water partition coefficient (Wildman–Crippen LogP) is 0.727. The highest BCUT2D eigenvalue weighted by atomic mass is 16.6. The maximum absolute atomic E-state index is 10.3. The molecule has 0 N–H and O–H groups in total. The van der Waals surface area contributed by atoms with Crippen LogP contribution in [0.25, 0.3) is 0 Å². The summed E-state index contributed by atoms with van der Waals surface area (Å²) in [6, 6.07) is 0. The normalized spacial score (nSPS) is 29.8. The second-order valence-corrected chi connectivity index (χ2v) is 2.51. The first kappa shape index (κ1) is 7.54. The largest absolute Gasteiger partial charge is 0.466 e. The second kappa shape index (κ2) is 3.01. The molecular weight excluding hydrogens is 132 g/mol. The number of hydrogen-bond donors (Lipinski definition) is 0. The molecule has 0 aromatic carbocycles. The van der Waals surface area contributed by atoms with Crippen LogP contribution in [0, 0.1) is 0 Å². The smallest absolute Gasteiger partial charge is 0.302 e. The molecule has 1 fully saturated rings. The Labute approximate surface area is 60.3 Å². The van der Waals surface area contributed by atoms with Gasteiger partial charge >= 0.3 is 5.97 Å². The lowest BCUT2D eigenvalue weighted by Crippen LogP contribution is -2.03. The summed E-state index contributed by atoms with van der Waals surface area (Å²) in [7, 11) is 0. The third-order valence-corrected chi connectivity index (χ3v) is 1.54. The summed E-state index contributed by atoms with van der Waals surface area (Å²) in [5, 5.41) is 0. The Kier molecular flexibility index (Phi) is 2.27. The lowest BCUT2D eigenvalue weighted by atomic mass is 10.3. The molecule has 0 amide bonds. The van der Waals surface area contributed by atoms with Gasteiger partial charge in [0, 0.05) is 13.3 Å². The standard InChI is InChI=1S/C7H12O3/c1-5-7(10-5)3-4-9-6(2)8/h5,7H,3-4H2,1-2H3/t5-,7+/m1/s1. The van der Waals surface area contributed by atoms with E-state index in [0.29, 0.717) is 18.8 Å². The Hall–Kier alpha value is -0.570. The van der Waals surface area contributed by atoms with Crippen molar-refractivity contribution in [2.75, 3.05) is 6.61 Å². The zero-order valence-electron chi connectivity index (χ0n) is 6.29. The van der Waals surface area contributed by atoms with Gasteiger partial charge in [0.15, 0.2) is 0 Å². The lowest BCUT2D eigenvalue weighted by molar-refractivity contribution is -0.141. The van der Waals surface area contributed by atoms with Crippen LogP contribution in [0.1, 0.15) is 20.3 Å². The van der Waals surface area contributed by atoms with Gasteiger partial charge in [-0.3, -0.25) is 4.79 Å². The highest BCUT2D eigenvalue weighted by Crippen LogP contribution is 2.23. The number of epoxide rings is 1. The van der Waals surface area contributed by atoms with Gasteiger partial charge in [-0.15, -0.1) is 0 Å². The maximum Gasteiger partial charge on any atom is 0.302 e. The molecule has 0 saturated carbocycles. The van der Waals surface area contributed by atoms with Crippen LogP contribution in [0.3, 0.4) is 0 Å². The van der Waals surface area contributed by atoms with Crippen LogP contribution in [0.2, 0.25) is 0 Å². The third-order valence-electron chi connectivity index (χ3n) is 1.54. The van der Waals surface area contributed by atoms with Crippen molar-refractivity contribution >= 4 is 5.97 Å². The van der Waals surface area contributed by atoms with E-state index < -0.39 is 0 Å². The van der Waals surface area contributed by atoms with E-state index in [-0.39, 0.29) is 5.97 Å². The average molecular weight is 144 g/mol. The van der Waals surface area contributed by atoms with Gasteiger partial charge in [0.25, 0.3) is 0 Å². The molecule has 0 unspecified atom stereocenters. The van der Waals surface area contributed by atoms with Crippen molar-refractivity contribution in [1.82, 2.24) is 0 Å². The van der Waals surface area contributed by atoms with E-state index in [2.05, 4.69) is 0 Å². The SMILES string of the molecule is CC(=O)OCC[C@@H]1O[C@@H]1C. The Morgan fingerprint density at radius 3 is 2.70 bits per heavy atom. The van der Waals surface area contributed by atoms with Gasteiger partial charge in [-0.05, 0) is 6.92 Å². The second-order valence-electron chi connectivity index (χ2n) is 2.51. The van der Waals surface area contributed by atoms with Crippen LogP contribution in [-0.2, 0) is 14.3 Å². The molecule has 1 heterocycles. The molecule has 3 heteroatoms. The van der Waals surface area contributed by atoms with E-state index in [1.54, 1.807) is 0 Å². The molecule has 58 valence electrons. The van der Waals surface area contributed by atoms with Crippen molar-refractivity contribution in [3.05, 3.63) is 0 Å². The zero-order chi connectivity index (χ0) is 7.56. The van der Waals surface area contributed by atoms with Crippen LogP contribution < -0.4 is 0 Å². The molecule has 0 aromatic heterocycles. The van der Waals surface area contributed by atoms with Crippen molar-refractivity contribution in [3.63, 3.8) is 0 Å². The molecule has 0 bridgehead atoms. The molecule has 0 aliphatic carbocycles. The van der Waals surface area contributed by atoms with E-state index in [1.807, 2.05) is 6.92 Å². The quantitative estimate of drug-likeness (QED) is 0.433. The molecular formula is C7H12O3.